The molecule has 1 heterocycles. The van der Waals surface area contributed by atoms with E-state index in [4.69, 9.17) is 5.11 Å². The van der Waals surface area contributed by atoms with E-state index >= 15 is 0 Å². The van der Waals surface area contributed by atoms with Gasteiger partial charge in [-0.25, -0.2) is 4.79 Å². The quantitative estimate of drug-likeness (QED) is 0.672. The number of carboxylic acid groups (broad SMARTS) is 1. The van der Waals surface area contributed by atoms with Crippen LogP contribution >= 0.6 is 11.3 Å². The second kappa shape index (κ2) is 5.88. The summed E-state index contributed by atoms with van der Waals surface area (Å²) < 4.78 is 0. The Morgan fingerprint density at radius 1 is 1.64 bits per heavy atom. The van der Waals surface area contributed by atoms with Gasteiger partial charge < -0.3 is 10.4 Å². The van der Waals surface area contributed by atoms with E-state index < -0.39 is 5.97 Å². The highest BCUT2D eigenvalue weighted by Crippen LogP contribution is 2.06. The fourth-order valence-electron chi connectivity index (χ4n) is 0.400. The van der Waals surface area contributed by atoms with Gasteiger partial charge in [0, 0.05) is 0 Å². The lowest BCUT2D eigenvalue weighted by molar-refractivity contribution is 0.0702. The molecule has 0 unspecified atom stereocenters. The molecule has 0 aliphatic heterocycles. The number of carbonyl (C=O) groups is 1. The molecule has 0 radical (unpaired) electrons. The van der Waals surface area contributed by atoms with E-state index in [1.54, 1.807) is 17.5 Å². The molecule has 0 aliphatic rings. The first-order chi connectivity index (χ1) is 5.22. The summed E-state index contributed by atoms with van der Waals surface area (Å²) in [5.74, 6) is -0.847. The van der Waals surface area contributed by atoms with Crippen LogP contribution in [0.1, 0.15) is 9.67 Å². The lowest BCUT2D eigenvalue weighted by Crippen LogP contribution is -1.89. The molecular weight excluding hydrogens is 162 g/mol. The van der Waals surface area contributed by atoms with Crippen molar-refractivity contribution in [1.82, 2.24) is 5.32 Å². The molecule has 0 aliphatic carbocycles. The molecule has 0 saturated heterocycles. The summed E-state index contributed by atoms with van der Waals surface area (Å²) in [4.78, 5) is 10.5. The van der Waals surface area contributed by atoms with Crippen molar-refractivity contribution in [3.63, 3.8) is 0 Å². The van der Waals surface area contributed by atoms with E-state index in [1.165, 1.54) is 11.3 Å². The number of carboxylic acids is 1. The summed E-state index contributed by atoms with van der Waals surface area (Å²) in [6, 6.07) is 3.29. The third-order valence-corrected chi connectivity index (χ3v) is 1.59. The summed E-state index contributed by atoms with van der Waals surface area (Å²) in [6.07, 6.45) is 0. The molecular formula is C7H11NO2S. The first kappa shape index (κ1) is 10.1. The number of aromatic carboxylic acids is 1. The Hall–Kier alpha value is -0.870. The van der Waals surface area contributed by atoms with Gasteiger partial charge in [0.1, 0.15) is 4.88 Å². The Morgan fingerprint density at radius 3 is 2.36 bits per heavy atom. The van der Waals surface area contributed by atoms with Crippen molar-refractivity contribution >= 4 is 17.3 Å². The van der Waals surface area contributed by atoms with Gasteiger partial charge in [0.2, 0.25) is 0 Å². The largest absolute Gasteiger partial charge is 0.477 e. The monoisotopic (exact) mass is 173 g/mol. The molecule has 1 rings (SSSR count). The van der Waals surface area contributed by atoms with Gasteiger partial charge >= 0.3 is 5.97 Å². The highest BCUT2D eigenvalue weighted by molar-refractivity contribution is 7.11. The van der Waals surface area contributed by atoms with Crippen LogP contribution in [0.4, 0.5) is 0 Å². The fourth-order valence-corrected chi connectivity index (χ4v) is 0.962. The van der Waals surface area contributed by atoms with Crippen molar-refractivity contribution in [3.05, 3.63) is 22.4 Å². The second-order valence-corrected chi connectivity index (χ2v) is 2.73. The Morgan fingerprint density at radius 2 is 2.18 bits per heavy atom. The Bertz CT molecular complexity index is 196. The average Bonchev–Trinajstić information content (AvgIpc) is 2.38. The van der Waals surface area contributed by atoms with Crippen molar-refractivity contribution in [2.75, 3.05) is 14.1 Å². The molecule has 0 bridgehead atoms. The van der Waals surface area contributed by atoms with E-state index in [1.807, 2.05) is 14.1 Å². The van der Waals surface area contributed by atoms with Crippen molar-refractivity contribution in [2.24, 2.45) is 0 Å². The van der Waals surface area contributed by atoms with E-state index in [-0.39, 0.29) is 0 Å². The standard InChI is InChI=1S/C5H4O2S.C2H7N/c6-5(7)4-2-1-3-8-4;1-3-2/h1-3H,(H,6,7);3H,1-2H3. The highest BCUT2D eigenvalue weighted by atomic mass is 32.1. The third-order valence-electron chi connectivity index (χ3n) is 0.732. The van der Waals surface area contributed by atoms with Gasteiger partial charge in [0.25, 0.3) is 0 Å². The summed E-state index contributed by atoms with van der Waals surface area (Å²) in [6.45, 7) is 0. The Kier molecular flexibility index (Phi) is 5.42. The van der Waals surface area contributed by atoms with E-state index in [0.717, 1.165) is 0 Å². The zero-order valence-electron chi connectivity index (χ0n) is 6.50. The van der Waals surface area contributed by atoms with E-state index in [9.17, 15) is 4.79 Å². The molecule has 11 heavy (non-hydrogen) atoms. The molecule has 0 amide bonds. The minimum absolute atomic E-state index is 0.394. The summed E-state index contributed by atoms with van der Waals surface area (Å²) in [5.41, 5.74) is 0. The predicted octanol–water partition coefficient (Wildman–Crippen LogP) is 1.28. The summed E-state index contributed by atoms with van der Waals surface area (Å²) in [5, 5.41) is 12.8. The normalized spacial score (nSPS) is 8.18. The van der Waals surface area contributed by atoms with Crippen LogP contribution in [-0.2, 0) is 0 Å². The van der Waals surface area contributed by atoms with Crippen LogP contribution in [0.15, 0.2) is 17.5 Å². The topological polar surface area (TPSA) is 49.3 Å². The molecule has 4 heteroatoms. The van der Waals surface area contributed by atoms with Crippen LogP contribution in [0.5, 0.6) is 0 Å². The summed E-state index contributed by atoms with van der Waals surface area (Å²) in [7, 11) is 3.75. The molecule has 0 saturated carbocycles. The maximum Gasteiger partial charge on any atom is 0.345 e. The van der Waals surface area contributed by atoms with Crippen LogP contribution in [-0.4, -0.2) is 25.2 Å². The van der Waals surface area contributed by atoms with Gasteiger partial charge in [-0.1, -0.05) is 6.07 Å². The van der Waals surface area contributed by atoms with Crippen LogP contribution in [0, 0.1) is 0 Å². The Balaban J connectivity index is 0.000000292. The van der Waals surface area contributed by atoms with E-state index in [2.05, 4.69) is 5.32 Å². The first-order valence-corrected chi connectivity index (χ1v) is 3.95. The molecule has 0 aromatic carbocycles. The molecule has 0 atom stereocenters. The first-order valence-electron chi connectivity index (χ1n) is 3.07. The van der Waals surface area contributed by atoms with Gasteiger partial charge in [0.05, 0.1) is 0 Å². The molecule has 1 aromatic rings. The van der Waals surface area contributed by atoms with Gasteiger partial charge in [-0.3, -0.25) is 0 Å². The van der Waals surface area contributed by atoms with Gasteiger partial charge in [0.15, 0.2) is 0 Å². The number of hydrogen-bond donors (Lipinski definition) is 2. The molecule has 0 fully saturated rings. The lowest BCUT2D eigenvalue weighted by atomic mass is 10.5. The zero-order chi connectivity index (χ0) is 8.69. The van der Waals surface area contributed by atoms with Crippen LogP contribution in [0.2, 0.25) is 0 Å². The molecule has 3 nitrogen and oxygen atoms in total. The number of nitrogens with one attached hydrogen (secondary N) is 1. The van der Waals surface area contributed by atoms with Crippen molar-refractivity contribution in [2.45, 2.75) is 0 Å². The number of hydrogen-bond acceptors (Lipinski definition) is 3. The molecule has 62 valence electrons. The second-order valence-electron chi connectivity index (χ2n) is 1.78. The van der Waals surface area contributed by atoms with Gasteiger partial charge in [-0.05, 0) is 25.5 Å². The highest BCUT2D eigenvalue weighted by Gasteiger charge is 1.99. The predicted molar refractivity (Wildman–Crippen MR) is 46.3 cm³/mol. The number of rotatable bonds is 1. The maximum absolute atomic E-state index is 10.1. The SMILES string of the molecule is CNC.O=C(O)c1cccs1. The van der Waals surface area contributed by atoms with Gasteiger partial charge in [-0.15, -0.1) is 11.3 Å². The smallest absolute Gasteiger partial charge is 0.345 e. The minimum atomic E-state index is -0.847. The van der Waals surface area contributed by atoms with Crippen LogP contribution in [0.25, 0.3) is 0 Å². The molecule has 2 N–H and O–H groups in total. The Labute approximate surface area is 69.7 Å². The fraction of sp³-hybridized carbons (Fsp3) is 0.286. The van der Waals surface area contributed by atoms with Gasteiger partial charge in [-0.2, -0.15) is 0 Å². The third kappa shape index (κ3) is 4.52. The average molecular weight is 173 g/mol. The van der Waals surface area contributed by atoms with Crippen molar-refractivity contribution in [1.29, 1.82) is 0 Å². The van der Waals surface area contributed by atoms with Crippen molar-refractivity contribution < 1.29 is 9.90 Å². The summed E-state index contributed by atoms with van der Waals surface area (Å²) >= 11 is 1.23. The molecule has 1 aromatic heterocycles. The zero-order valence-corrected chi connectivity index (χ0v) is 7.31. The lowest BCUT2D eigenvalue weighted by Gasteiger charge is -1.78. The maximum atomic E-state index is 10.1. The van der Waals surface area contributed by atoms with Crippen LogP contribution in [0.3, 0.4) is 0 Å². The minimum Gasteiger partial charge on any atom is -0.477 e. The number of thiophene rings is 1. The van der Waals surface area contributed by atoms with Crippen molar-refractivity contribution in [3.8, 4) is 0 Å². The van der Waals surface area contributed by atoms with Crippen LogP contribution < -0.4 is 5.32 Å². The van der Waals surface area contributed by atoms with E-state index in [0.29, 0.717) is 4.88 Å². The molecule has 0 spiro atoms.